The van der Waals surface area contributed by atoms with Crippen LogP contribution in [0.3, 0.4) is 0 Å². The van der Waals surface area contributed by atoms with Crippen molar-refractivity contribution in [1.29, 1.82) is 0 Å². The zero-order valence-electron chi connectivity index (χ0n) is 42.1. The number of esters is 3. The SMILES string of the molecule is CC[C@H]1OC(=O)[C@H](C)[C@@H](O)[C@H](C)[C@@H](O)[C@](C)(O)C[C@@H](C)CN(CCCNCCC(=O)O[C@]2(C(=O)COC(C)=O)[C@H](C)CC3C4C[C@H](F)C5=CC(=O)C=C[C@]5(C)C4C(O)C[C@@]32C)[C@H](C)[C@@H](O)[C@]1(C)O. The van der Waals surface area contributed by atoms with Crippen molar-refractivity contribution in [3.63, 3.8) is 0 Å². The Kier molecular flexibility index (Phi) is 17.5. The van der Waals surface area contributed by atoms with E-state index >= 15 is 4.39 Å². The lowest BCUT2D eigenvalue weighted by molar-refractivity contribution is -0.207. The molecule has 1 heterocycles. The number of allylic oxidation sites excluding steroid dienone is 4. The Bertz CT molecular complexity index is 1930. The molecule has 4 fully saturated rings. The van der Waals surface area contributed by atoms with Crippen LogP contribution in [0.5, 0.6) is 0 Å². The first kappa shape index (κ1) is 55.8. The number of aliphatic hydroxyl groups excluding tert-OH is 4. The largest absolute Gasteiger partial charge is 0.459 e. The number of hydrogen-bond donors (Lipinski definition) is 7. The lowest BCUT2D eigenvalue weighted by Crippen LogP contribution is -2.65. The molecule has 1 aliphatic heterocycles. The number of aliphatic hydroxyl groups is 6. The summed E-state index contributed by atoms with van der Waals surface area (Å²) in [5, 5.41) is 72.6. The second-order valence-corrected chi connectivity index (χ2v) is 22.2. The third-order valence-electron chi connectivity index (χ3n) is 17.2. The molecule has 0 aromatic carbocycles. The molecule has 5 aliphatic rings. The minimum atomic E-state index is -1.91. The van der Waals surface area contributed by atoms with Crippen molar-refractivity contribution in [2.24, 2.45) is 52.3 Å². The first-order valence-corrected chi connectivity index (χ1v) is 24.8. The lowest BCUT2D eigenvalue weighted by atomic mass is 9.46. The van der Waals surface area contributed by atoms with E-state index in [9.17, 15) is 54.6 Å². The molecule has 0 bridgehead atoms. The summed E-state index contributed by atoms with van der Waals surface area (Å²) in [6.45, 7) is 18.4. The van der Waals surface area contributed by atoms with Gasteiger partial charge in [0, 0.05) is 54.6 Å². The number of ketones is 2. The number of rotatable bonds is 12. The molecule has 5 rings (SSSR count). The van der Waals surface area contributed by atoms with Crippen LogP contribution >= 0.6 is 0 Å². The fraction of sp³-hybridized carbons (Fsp3) is 0.824. The number of fused-ring (bicyclic) bond motifs is 5. The van der Waals surface area contributed by atoms with Gasteiger partial charge in [0.05, 0.1) is 36.3 Å². The van der Waals surface area contributed by atoms with Crippen molar-refractivity contribution in [2.75, 3.05) is 32.8 Å². The molecule has 1 saturated heterocycles. The normalized spacial score (nSPS) is 44.8. The fourth-order valence-electron chi connectivity index (χ4n) is 13.6. The number of hydrogen-bond acceptors (Lipinski definition) is 16. The topological polar surface area (TPSA) is 250 Å². The second-order valence-electron chi connectivity index (χ2n) is 22.2. The van der Waals surface area contributed by atoms with Gasteiger partial charge >= 0.3 is 17.9 Å². The zero-order chi connectivity index (χ0) is 51.1. The highest BCUT2D eigenvalue weighted by molar-refractivity contribution is 6.01. The van der Waals surface area contributed by atoms with Gasteiger partial charge in [-0.3, -0.25) is 28.9 Å². The van der Waals surface area contributed by atoms with Gasteiger partial charge in [-0.2, -0.15) is 0 Å². The summed E-state index contributed by atoms with van der Waals surface area (Å²) in [5.74, 6) is -7.24. The van der Waals surface area contributed by atoms with Crippen molar-refractivity contribution in [1.82, 2.24) is 10.2 Å². The maximum Gasteiger partial charge on any atom is 0.311 e. The number of carbonyl (C=O) groups is 5. The Balaban J connectivity index is 1.29. The van der Waals surface area contributed by atoms with Gasteiger partial charge in [-0.25, -0.2) is 4.39 Å². The average molecular weight is 965 g/mol. The maximum absolute atomic E-state index is 16.1. The first-order valence-electron chi connectivity index (χ1n) is 24.8. The van der Waals surface area contributed by atoms with Crippen molar-refractivity contribution in [3.05, 3.63) is 23.8 Å². The predicted molar refractivity (Wildman–Crippen MR) is 248 cm³/mol. The highest BCUT2D eigenvalue weighted by atomic mass is 19.1. The standard InChI is InChI=1S/C51H81FN2O14/c1-12-40-50(11,65)45(62)31(6)54(25-27(2)23-49(10,64)44(61)29(4)43(60)30(5)46(63)67-40)19-13-17-53-18-15-41(59)68-51(39(58)26-66-32(7)55)28(3)20-35-34-22-37(52)36-21-33(56)14-16-47(36,8)42(34)38(57)24-48(35,51)9/h14,16,21,27-31,34-35,37-38,40,42-45,53,57,60-62,64-65H,12-13,15,17-20,22-26H2,1-11H3/t27-,28-,29+,30-,31-,34?,35?,37+,38?,40-,42?,43+,44-,45-,47+,48+,49-,50-,51+/m1/s1. The van der Waals surface area contributed by atoms with Crippen molar-refractivity contribution >= 4 is 29.5 Å². The number of nitrogens with zero attached hydrogens (tertiary/aromatic N) is 1. The van der Waals surface area contributed by atoms with Crippen LogP contribution in [-0.4, -0.2) is 157 Å². The highest BCUT2D eigenvalue weighted by Gasteiger charge is 2.73. The molecule has 7 N–H and O–H groups in total. The Morgan fingerprint density at radius 3 is 2.25 bits per heavy atom. The molecule has 68 heavy (non-hydrogen) atoms. The predicted octanol–water partition coefficient (Wildman–Crippen LogP) is 3.15. The van der Waals surface area contributed by atoms with E-state index in [1.807, 2.05) is 25.7 Å². The van der Waals surface area contributed by atoms with Crippen molar-refractivity contribution < 1.29 is 73.2 Å². The molecule has 0 aromatic rings. The van der Waals surface area contributed by atoms with E-state index in [-0.39, 0.29) is 56.3 Å². The number of carbonyl (C=O) groups excluding carboxylic acids is 5. The van der Waals surface area contributed by atoms with E-state index in [0.717, 1.165) is 0 Å². The third-order valence-corrected chi connectivity index (χ3v) is 17.2. The summed E-state index contributed by atoms with van der Waals surface area (Å²) < 4.78 is 33.4. The Labute approximate surface area is 401 Å². The number of nitrogens with one attached hydrogen (secondary N) is 1. The van der Waals surface area contributed by atoms with Gasteiger partial charge in [-0.1, -0.05) is 47.6 Å². The number of alkyl halides is 1. The molecule has 17 heteroatoms. The molecule has 0 radical (unpaired) electrons. The molecular weight excluding hydrogens is 884 g/mol. The van der Waals surface area contributed by atoms with Gasteiger partial charge in [-0.15, -0.1) is 0 Å². The van der Waals surface area contributed by atoms with Crippen LogP contribution in [0.15, 0.2) is 23.8 Å². The average Bonchev–Trinajstić information content (AvgIpc) is 3.48. The molecule has 19 atom stereocenters. The minimum Gasteiger partial charge on any atom is -0.459 e. The summed E-state index contributed by atoms with van der Waals surface area (Å²) in [4.78, 5) is 67.9. The summed E-state index contributed by atoms with van der Waals surface area (Å²) in [7, 11) is 0. The monoisotopic (exact) mass is 965 g/mol. The second kappa shape index (κ2) is 21.3. The molecule has 0 amide bonds. The van der Waals surface area contributed by atoms with Gasteiger partial charge in [0.2, 0.25) is 5.78 Å². The maximum atomic E-state index is 16.1. The zero-order valence-corrected chi connectivity index (χ0v) is 42.1. The van der Waals surface area contributed by atoms with Crippen LogP contribution in [0.4, 0.5) is 4.39 Å². The lowest BCUT2D eigenvalue weighted by Gasteiger charge is -2.60. The van der Waals surface area contributed by atoms with Gasteiger partial charge in [0.15, 0.2) is 18.0 Å². The van der Waals surface area contributed by atoms with Crippen LogP contribution in [0, 0.1) is 52.3 Å². The number of ether oxygens (including phenoxy) is 3. The molecule has 4 aliphatic carbocycles. The van der Waals surface area contributed by atoms with Gasteiger partial charge in [-0.05, 0) is 115 Å². The van der Waals surface area contributed by atoms with Gasteiger partial charge < -0.3 is 50.2 Å². The fourth-order valence-corrected chi connectivity index (χ4v) is 13.6. The van der Waals surface area contributed by atoms with E-state index in [4.69, 9.17) is 14.2 Å². The van der Waals surface area contributed by atoms with Gasteiger partial charge in [0.25, 0.3) is 0 Å². The highest BCUT2D eigenvalue weighted by Crippen LogP contribution is 2.69. The van der Waals surface area contributed by atoms with Crippen LogP contribution in [0.1, 0.15) is 121 Å². The Morgan fingerprint density at radius 1 is 0.956 bits per heavy atom. The number of Topliss-reactive ketones (excluding diaryl/α,β-unsaturated/α-hetero) is 1. The summed E-state index contributed by atoms with van der Waals surface area (Å²) >= 11 is 0. The van der Waals surface area contributed by atoms with Crippen molar-refractivity contribution in [2.45, 2.75) is 181 Å². The van der Waals surface area contributed by atoms with E-state index in [0.29, 0.717) is 38.0 Å². The first-order chi connectivity index (χ1) is 31.5. The number of halogens is 1. The van der Waals surface area contributed by atoms with E-state index in [1.54, 1.807) is 33.8 Å². The van der Waals surface area contributed by atoms with E-state index in [1.165, 1.54) is 39.8 Å². The van der Waals surface area contributed by atoms with Crippen LogP contribution < -0.4 is 5.32 Å². The molecule has 16 nitrogen and oxygen atoms in total. The van der Waals surface area contributed by atoms with Crippen molar-refractivity contribution in [3.8, 4) is 0 Å². The van der Waals surface area contributed by atoms with Gasteiger partial charge in [0.1, 0.15) is 24.0 Å². The third kappa shape index (κ3) is 10.6. The van der Waals surface area contributed by atoms with E-state index in [2.05, 4.69) is 5.32 Å². The molecule has 3 saturated carbocycles. The smallest absolute Gasteiger partial charge is 0.311 e. The van der Waals surface area contributed by atoms with Crippen LogP contribution in [-0.2, 0) is 38.2 Å². The molecule has 0 spiro atoms. The van der Waals surface area contributed by atoms with Crippen LogP contribution in [0.2, 0.25) is 0 Å². The molecule has 386 valence electrons. The van der Waals surface area contributed by atoms with Crippen LogP contribution in [0.25, 0.3) is 0 Å². The summed E-state index contributed by atoms with van der Waals surface area (Å²) in [6, 6.07) is -0.695. The minimum absolute atomic E-state index is 0.0268. The Hall–Kier alpha value is -3.16. The van der Waals surface area contributed by atoms with E-state index < -0.39 is 130 Å². The number of cyclic esters (lactones) is 1. The quantitative estimate of drug-likeness (QED) is 0.0843. The molecule has 4 unspecified atom stereocenters. The molecule has 0 aromatic heterocycles. The summed E-state index contributed by atoms with van der Waals surface area (Å²) in [5.41, 5.74) is -7.14. The summed E-state index contributed by atoms with van der Waals surface area (Å²) in [6.07, 6.45) is -2.35. The Morgan fingerprint density at radius 2 is 1.62 bits per heavy atom. The molecular formula is C51H81FN2O14.